The predicted molar refractivity (Wildman–Crippen MR) is 106 cm³/mol. The lowest BCUT2D eigenvalue weighted by Crippen LogP contribution is -2.58. The predicted octanol–water partition coefficient (Wildman–Crippen LogP) is 2.97. The molecule has 1 aliphatic heterocycles. The third-order valence-electron chi connectivity index (χ3n) is 5.29. The van der Waals surface area contributed by atoms with Crippen LogP contribution >= 0.6 is 0 Å². The highest BCUT2D eigenvalue weighted by Crippen LogP contribution is 2.25. The van der Waals surface area contributed by atoms with E-state index in [1.807, 2.05) is 56.3 Å². The van der Waals surface area contributed by atoms with Crippen molar-refractivity contribution in [1.29, 1.82) is 0 Å². The maximum Gasteiger partial charge on any atom is 0.271 e. The second-order valence-corrected chi connectivity index (χ2v) is 7.17. The van der Waals surface area contributed by atoms with E-state index < -0.39 is 6.04 Å². The molecule has 0 spiro atoms. The molecule has 4 rings (SSSR count). The number of hydrogen-bond acceptors (Lipinski definition) is 2. The van der Waals surface area contributed by atoms with E-state index in [4.69, 9.17) is 0 Å². The van der Waals surface area contributed by atoms with Crippen molar-refractivity contribution >= 4 is 22.7 Å². The first kappa shape index (κ1) is 17.3. The van der Waals surface area contributed by atoms with Crippen molar-refractivity contribution in [2.75, 3.05) is 13.1 Å². The van der Waals surface area contributed by atoms with Crippen LogP contribution in [0.25, 0.3) is 10.9 Å². The number of carbonyl (C=O) groups is 2. The van der Waals surface area contributed by atoms with E-state index in [-0.39, 0.29) is 11.8 Å². The molecule has 0 aliphatic carbocycles. The van der Waals surface area contributed by atoms with Crippen molar-refractivity contribution < 1.29 is 9.59 Å². The summed E-state index contributed by atoms with van der Waals surface area (Å²) in [7, 11) is 0. The topological polar surface area (TPSA) is 65.2 Å². The molecule has 0 unspecified atom stereocenters. The summed E-state index contributed by atoms with van der Waals surface area (Å²) in [5.74, 6) is -0.208. The Bertz CT molecular complexity index is 1010. The molecule has 1 saturated heterocycles. The Morgan fingerprint density at radius 1 is 1.15 bits per heavy atom. The van der Waals surface area contributed by atoms with E-state index in [0.29, 0.717) is 25.2 Å². The van der Waals surface area contributed by atoms with Crippen LogP contribution in [0.15, 0.2) is 48.5 Å². The van der Waals surface area contributed by atoms with Crippen LogP contribution in [0.1, 0.15) is 27.2 Å². The third kappa shape index (κ3) is 3.21. The number of nitrogens with one attached hydrogen (secondary N) is 2. The molecule has 1 aliphatic rings. The summed E-state index contributed by atoms with van der Waals surface area (Å²) in [4.78, 5) is 30.8. The number of piperazine rings is 1. The maximum absolute atomic E-state index is 13.3. The molecule has 0 saturated carbocycles. The first-order chi connectivity index (χ1) is 13.0. The van der Waals surface area contributed by atoms with Gasteiger partial charge in [0.05, 0.1) is 0 Å². The standard InChI is InChI=1S/C22H23N3O2/c1-14-8-9-18-17(12-14)15(2)20(24-18)22(27)25-11-10-23-21(26)19(25)13-16-6-4-3-5-7-16/h3-9,12,19,24H,10-11,13H2,1-2H3,(H,23,26)/t19-/m0/s1. The number of H-pyrrole nitrogens is 1. The fourth-order valence-electron chi connectivity index (χ4n) is 3.80. The molecule has 0 radical (unpaired) electrons. The minimum atomic E-state index is -0.499. The lowest BCUT2D eigenvalue weighted by Gasteiger charge is -2.35. The van der Waals surface area contributed by atoms with Gasteiger partial charge in [-0.2, -0.15) is 0 Å². The average Bonchev–Trinajstić information content (AvgIpc) is 3.00. The van der Waals surface area contributed by atoms with E-state index in [2.05, 4.69) is 16.4 Å². The van der Waals surface area contributed by atoms with Crippen molar-refractivity contribution in [2.45, 2.75) is 26.3 Å². The van der Waals surface area contributed by atoms with Gasteiger partial charge in [0.25, 0.3) is 5.91 Å². The van der Waals surface area contributed by atoms with Crippen LogP contribution in [0.5, 0.6) is 0 Å². The number of aromatic amines is 1. The van der Waals surface area contributed by atoms with Gasteiger partial charge in [-0.3, -0.25) is 9.59 Å². The molecule has 2 aromatic carbocycles. The molecule has 2 heterocycles. The molecular formula is C22H23N3O2. The summed E-state index contributed by atoms with van der Waals surface area (Å²) < 4.78 is 0. The highest BCUT2D eigenvalue weighted by Gasteiger charge is 2.34. The fourth-order valence-corrected chi connectivity index (χ4v) is 3.80. The Kier molecular flexibility index (Phi) is 4.44. The van der Waals surface area contributed by atoms with Gasteiger partial charge in [-0.05, 0) is 37.1 Å². The number of fused-ring (bicyclic) bond motifs is 1. The van der Waals surface area contributed by atoms with Crippen LogP contribution in [-0.2, 0) is 11.2 Å². The molecule has 2 N–H and O–H groups in total. The second-order valence-electron chi connectivity index (χ2n) is 7.17. The molecule has 27 heavy (non-hydrogen) atoms. The van der Waals surface area contributed by atoms with Crippen LogP contribution < -0.4 is 5.32 Å². The van der Waals surface area contributed by atoms with E-state index >= 15 is 0 Å². The van der Waals surface area contributed by atoms with Gasteiger partial charge >= 0.3 is 0 Å². The highest BCUT2D eigenvalue weighted by molar-refractivity contribution is 6.03. The Morgan fingerprint density at radius 2 is 1.93 bits per heavy atom. The average molecular weight is 361 g/mol. The number of aromatic nitrogens is 1. The summed E-state index contributed by atoms with van der Waals surface area (Å²) in [6.45, 7) is 4.99. The minimum Gasteiger partial charge on any atom is -0.353 e. The molecule has 2 amide bonds. The molecule has 1 atom stereocenters. The number of rotatable bonds is 3. The van der Waals surface area contributed by atoms with E-state index in [9.17, 15) is 9.59 Å². The molecule has 5 nitrogen and oxygen atoms in total. The lowest BCUT2D eigenvalue weighted by atomic mass is 10.0. The van der Waals surface area contributed by atoms with Crippen LogP contribution in [0.3, 0.4) is 0 Å². The van der Waals surface area contributed by atoms with Gasteiger partial charge in [-0.15, -0.1) is 0 Å². The largest absolute Gasteiger partial charge is 0.353 e. The first-order valence-electron chi connectivity index (χ1n) is 9.26. The molecule has 138 valence electrons. The highest BCUT2D eigenvalue weighted by atomic mass is 16.2. The SMILES string of the molecule is Cc1ccc2[nH]c(C(=O)N3CCNC(=O)[C@@H]3Cc3ccccc3)c(C)c2c1. The summed E-state index contributed by atoms with van der Waals surface area (Å²) in [5, 5.41) is 3.95. The number of hydrogen-bond donors (Lipinski definition) is 2. The number of benzene rings is 2. The van der Waals surface area contributed by atoms with Crippen molar-refractivity contribution in [3.8, 4) is 0 Å². The number of aryl methyl sites for hydroxylation is 2. The normalized spacial score (nSPS) is 17.2. The van der Waals surface area contributed by atoms with Gasteiger partial charge < -0.3 is 15.2 Å². The number of nitrogens with zero attached hydrogens (tertiary/aromatic N) is 1. The smallest absolute Gasteiger partial charge is 0.271 e. The Balaban J connectivity index is 1.68. The Labute approximate surface area is 158 Å². The van der Waals surface area contributed by atoms with Crippen LogP contribution in [-0.4, -0.2) is 40.8 Å². The van der Waals surface area contributed by atoms with Crippen LogP contribution in [0, 0.1) is 13.8 Å². The van der Waals surface area contributed by atoms with Gasteiger partial charge in [0.1, 0.15) is 11.7 Å². The third-order valence-corrected chi connectivity index (χ3v) is 5.29. The van der Waals surface area contributed by atoms with Crippen LogP contribution in [0.4, 0.5) is 0 Å². The zero-order valence-corrected chi connectivity index (χ0v) is 15.6. The fraction of sp³-hybridized carbons (Fsp3) is 0.273. The zero-order valence-electron chi connectivity index (χ0n) is 15.6. The van der Waals surface area contributed by atoms with Gasteiger partial charge in [0.2, 0.25) is 5.91 Å². The molecule has 5 heteroatoms. The molecule has 0 bridgehead atoms. The Morgan fingerprint density at radius 3 is 2.70 bits per heavy atom. The van der Waals surface area contributed by atoms with E-state index in [1.165, 1.54) is 0 Å². The first-order valence-corrected chi connectivity index (χ1v) is 9.26. The molecule has 1 fully saturated rings. The molecular weight excluding hydrogens is 338 g/mol. The summed E-state index contributed by atoms with van der Waals surface area (Å²) in [6, 6.07) is 15.4. The Hall–Kier alpha value is -3.08. The summed E-state index contributed by atoms with van der Waals surface area (Å²) in [5.41, 5.74) is 4.65. The van der Waals surface area contributed by atoms with Crippen molar-refractivity contribution in [1.82, 2.24) is 15.2 Å². The minimum absolute atomic E-state index is 0.0944. The van der Waals surface area contributed by atoms with Crippen molar-refractivity contribution in [2.24, 2.45) is 0 Å². The van der Waals surface area contributed by atoms with Gasteiger partial charge in [0.15, 0.2) is 0 Å². The number of amides is 2. The summed E-state index contributed by atoms with van der Waals surface area (Å²) >= 11 is 0. The summed E-state index contributed by atoms with van der Waals surface area (Å²) in [6.07, 6.45) is 0.511. The van der Waals surface area contributed by atoms with E-state index in [1.54, 1.807) is 4.90 Å². The van der Waals surface area contributed by atoms with Crippen molar-refractivity contribution in [3.63, 3.8) is 0 Å². The van der Waals surface area contributed by atoms with Gasteiger partial charge in [-0.1, -0.05) is 42.0 Å². The second kappa shape index (κ2) is 6.91. The van der Waals surface area contributed by atoms with E-state index in [0.717, 1.165) is 27.6 Å². The monoisotopic (exact) mass is 361 g/mol. The lowest BCUT2D eigenvalue weighted by molar-refractivity contribution is -0.127. The maximum atomic E-state index is 13.3. The molecule has 3 aromatic rings. The van der Waals surface area contributed by atoms with Crippen molar-refractivity contribution in [3.05, 3.63) is 70.9 Å². The van der Waals surface area contributed by atoms with Gasteiger partial charge in [-0.25, -0.2) is 0 Å². The quantitative estimate of drug-likeness (QED) is 0.753. The zero-order chi connectivity index (χ0) is 19.0. The number of carbonyl (C=O) groups excluding carboxylic acids is 2. The van der Waals surface area contributed by atoms with Gasteiger partial charge in [0, 0.05) is 30.4 Å². The molecule has 1 aromatic heterocycles. The van der Waals surface area contributed by atoms with Crippen LogP contribution in [0.2, 0.25) is 0 Å².